The van der Waals surface area contributed by atoms with Gasteiger partial charge in [0.15, 0.2) is 11.5 Å². The number of rotatable bonds is 7. The smallest absolute Gasteiger partial charge is 0.203 e. The summed E-state index contributed by atoms with van der Waals surface area (Å²) >= 11 is 3.12. The Labute approximate surface area is 182 Å². The second-order valence-corrected chi connectivity index (χ2v) is 8.22. The van der Waals surface area contributed by atoms with Gasteiger partial charge in [0.25, 0.3) is 0 Å². The van der Waals surface area contributed by atoms with Crippen molar-refractivity contribution in [2.24, 2.45) is 5.10 Å². The Morgan fingerprint density at radius 3 is 2.80 bits per heavy atom. The minimum atomic E-state index is 0.112. The molecule has 0 radical (unpaired) electrons. The van der Waals surface area contributed by atoms with Gasteiger partial charge in [-0.3, -0.25) is 5.43 Å². The SMILES string of the molecule is CCOc1cc(/C=N/Nc2nc(-c3sc(-c4ccccc4)nc3C)cs2)ccc1O. The summed E-state index contributed by atoms with van der Waals surface area (Å²) < 4.78 is 5.39. The van der Waals surface area contributed by atoms with Crippen LogP contribution in [0.1, 0.15) is 18.2 Å². The van der Waals surface area contributed by atoms with Crippen LogP contribution in [0.5, 0.6) is 11.5 Å². The van der Waals surface area contributed by atoms with Crippen LogP contribution < -0.4 is 10.2 Å². The zero-order valence-corrected chi connectivity index (χ0v) is 18.1. The number of aromatic nitrogens is 2. The van der Waals surface area contributed by atoms with E-state index >= 15 is 0 Å². The standard InChI is InChI=1S/C22H20N4O2S2/c1-3-28-19-11-15(9-10-18(19)27)12-23-26-22-25-17(13-29-22)20-14(2)24-21(30-20)16-7-5-4-6-8-16/h4-13,27H,3H2,1-2H3,(H,25,26)/b23-12+. The normalized spacial score (nSPS) is 11.1. The average Bonchev–Trinajstić information content (AvgIpc) is 3.38. The number of aromatic hydroxyl groups is 1. The summed E-state index contributed by atoms with van der Waals surface area (Å²) in [6.07, 6.45) is 1.66. The van der Waals surface area contributed by atoms with Gasteiger partial charge < -0.3 is 9.84 Å². The molecule has 0 saturated carbocycles. The first-order valence-corrected chi connectivity index (χ1v) is 11.1. The number of hydrogen-bond donors (Lipinski definition) is 2. The number of benzene rings is 2. The second kappa shape index (κ2) is 9.06. The first kappa shape index (κ1) is 20.1. The zero-order chi connectivity index (χ0) is 20.9. The third kappa shape index (κ3) is 4.50. The third-order valence-electron chi connectivity index (χ3n) is 4.21. The van der Waals surface area contributed by atoms with E-state index in [-0.39, 0.29) is 5.75 Å². The largest absolute Gasteiger partial charge is 0.504 e. The summed E-state index contributed by atoms with van der Waals surface area (Å²) in [5, 5.41) is 17.7. The molecule has 2 heterocycles. The molecule has 0 aliphatic rings. The fourth-order valence-electron chi connectivity index (χ4n) is 2.81. The van der Waals surface area contributed by atoms with E-state index in [0.717, 1.165) is 32.4 Å². The van der Waals surface area contributed by atoms with Crippen molar-refractivity contribution in [3.63, 3.8) is 0 Å². The molecule has 0 aliphatic heterocycles. The highest BCUT2D eigenvalue weighted by molar-refractivity contribution is 7.19. The number of hydrazone groups is 1. The topological polar surface area (TPSA) is 79.6 Å². The van der Waals surface area contributed by atoms with Crippen LogP contribution >= 0.6 is 22.7 Å². The second-order valence-electron chi connectivity index (χ2n) is 6.37. The predicted molar refractivity (Wildman–Crippen MR) is 124 cm³/mol. The summed E-state index contributed by atoms with van der Waals surface area (Å²) in [7, 11) is 0. The van der Waals surface area contributed by atoms with E-state index in [0.29, 0.717) is 17.5 Å². The minimum absolute atomic E-state index is 0.112. The molecule has 0 aliphatic carbocycles. The Hall–Kier alpha value is -3.23. The van der Waals surface area contributed by atoms with Crippen molar-refractivity contribution in [1.29, 1.82) is 0 Å². The van der Waals surface area contributed by atoms with Crippen LogP contribution in [0.4, 0.5) is 5.13 Å². The summed E-state index contributed by atoms with van der Waals surface area (Å²) in [4.78, 5) is 10.4. The van der Waals surface area contributed by atoms with Crippen molar-refractivity contribution in [3.8, 4) is 32.6 Å². The maximum atomic E-state index is 9.78. The lowest BCUT2D eigenvalue weighted by Gasteiger charge is -2.05. The minimum Gasteiger partial charge on any atom is -0.504 e. The van der Waals surface area contributed by atoms with E-state index in [1.54, 1.807) is 35.8 Å². The van der Waals surface area contributed by atoms with E-state index in [4.69, 9.17) is 9.72 Å². The summed E-state index contributed by atoms with van der Waals surface area (Å²) in [5.74, 6) is 0.550. The van der Waals surface area contributed by atoms with Crippen molar-refractivity contribution in [2.45, 2.75) is 13.8 Å². The molecule has 0 saturated heterocycles. The number of nitrogens with zero attached hydrogens (tertiary/aromatic N) is 3. The van der Waals surface area contributed by atoms with Gasteiger partial charge in [-0.2, -0.15) is 5.10 Å². The number of thiazole rings is 2. The molecular weight excluding hydrogens is 416 g/mol. The van der Waals surface area contributed by atoms with Crippen LogP contribution in [-0.2, 0) is 0 Å². The lowest BCUT2D eigenvalue weighted by molar-refractivity contribution is 0.318. The zero-order valence-electron chi connectivity index (χ0n) is 16.5. The molecule has 2 aromatic carbocycles. The van der Waals surface area contributed by atoms with Gasteiger partial charge in [-0.25, -0.2) is 9.97 Å². The van der Waals surface area contributed by atoms with E-state index < -0.39 is 0 Å². The Morgan fingerprint density at radius 2 is 2.00 bits per heavy atom. The molecular formula is C22H20N4O2S2. The molecule has 6 nitrogen and oxygen atoms in total. The highest BCUT2D eigenvalue weighted by Gasteiger charge is 2.14. The number of phenolic OH excluding ortho intramolecular Hbond substituents is 1. The summed E-state index contributed by atoms with van der Waals surface area (Å²) in [6, 6.07) is 15.2. The Bertz CT molecular complexity index is 1170. The van der Waals surface area contributed by atoms with E-state index in [1.807, 2.05) is 37.4 Å². The molecule has 0 bridgehead atoms. The van der Waals surface area contributed by atoms with E-state index in [2.05, 4.69) is 27.6 Å². The molecule has 4 rings (SSSR count). The highest BCUT2D eigenvalue weighted by atomic mass is 32.1. The first-order valence-electron chi connectivity index (χ1n) is 9.37. The Morgan fingerprint density at radius 1 is 1.17 bits per heavy atom. The summed E-state index contributed by atoms with van der Waals surface area (Å²) in [5.41, 5.74) is 6.74. The molecule has 8 heteroatoms. The number of aryl methyl sites for hydroxylation is 1. The Kier molecular flexibility index (Phi) is 6.06. The maximum absolute atomic E-state index is 9.78. The van der Waals surface area contributed by atoms with Crippen LogP contribution in [0.3, 0.4) is 0 Å². The average molecular weight is 437 g/mol. The molecule has 4 aromatic rings. The number of anilines is 1. The van der Waals surface area contributed by atoms with Crippen molar-refractivity contribution < 1.29 is 9.84 Å². The van der Waals surface area contributed by atoms with Crippen LogP contribution in [0.2, 0.25) is 0 Å². The van der Waals surface area contributed by atoms with Crippen molar-refractivity contribution in [1.82, 2.24) is 9.97 Å². The summed E-state index contributed by atoms with van der Waals surface area (Å²) in [6.45, 7) is 4.36. The number of ether oxygens (including phenoxy) is 1. The molecule has 0 atom stereocenters. The lowest BCUT2D eigenvalue weighted by atomic mass is 10.2. The van der Waals surface area contributed by atoms with Gasteiger partial charge in [-0.15, -0.1) is 22.7 Å². The van der Waals surface area contributed by atoms with Gasteiger partial charge in [0.1, 0.15) is 5.01 Å². The fourth-order valence-corrected chi connectivity index (χ4v) is 4.57. The van der Waals surface area contributed by atoms with Crippen molar-refractivity contribution in [3.05, 3.63) is 65.2 Å². The number of nitrogens with one attached hydrogen (secondary N) is 1. The monoisotopic (exact) mass is 436 g/mol. The quantitative estimate of drug-likeness (QED) is 0.283. The van der Waals surface area contributed by atoms with Crippen molar-refractivity contribution in [2.75, 3.05) is 12.0 Å². The first-order chi connectivity index (χ1) is 14.6. The predicted octanol–water partition coefficient (Wildman–Crippen LogP) is 5.79. The van der Waals surface area contributed by atoms with E-state index in [9.17, 15) is 5.11 Å². The number of hydrogen-bond acceptors (Lipinski definition) is 8. The van der Waals surface area contributed by atoms with Gasteiger partial charge in [0.05, 0.1) is 29.1 Å². The molecule has 0 fully saturated rings. The Balaban J connectivity index is 1.47. The van der Waals surface area contributed by atoms with Crippen LogP contribution in [0.25, 0.3) is 21.1 Å². The van der Waals surface area contributed by atoms with Crippen LogP contribution in [0, 0.1) is 6.92 Å². The third-order valence-corrected chi connectivity index (χ3v) is 6.19. The fraction of sp³-hybridized carbons (Fsp3) is 0.136. The molecule has 2 N–H and O–H groups in total. The molecule has 30 heavy (non-hydrogen) atoms. The molecule has 0 spiro atoms. The molecule has 0 unspecified atom stereocenters. The molecule has 0 amide bonds. The van der Waals surface area contributed by atoms with Crippen LogP contribution in [0.15, 0.2) is 59.0 Å². The van der Waals surface area contributed by atoms with Crippen molar-refractivity contribution >= 4 is 34.0 Å². The molecule has 152 valence electrons. The van der Waals surface area contributed by atoms with Crippen LogP contribution in [-0.4, -0.2) is 27.9 Å². The van der Waals surface area contributed by atoms with Gasteiger partial charge in [-0.1, -0.05) is 30.3 Å². The van der Waals surface area contributed by atoms with Gasteiger partial charge in [-0.05, 0) is 37.6 Å². The van der Waals surface area contributed by atoms with Gasteiger partial charge in [0, 0.05) is 10.9 Å². The van der Waals surface area contributed by atoms with E-state index in [1.165, 1.54) is 11.3 Å². The van der Waals surface area contributed by atoms with Gasteiger partial charge in [0.2, 0.25) is 5.13 Å². The molecule has 2 aromatic heterocycles. The highest BCUT2D eigenvalue weighted by Crippen LogP contribution is 2.36. The maximum Gasteiger partial charge on any atom is 0.203 e. The number of phenols is 1. The lowest BCUT2D eigenvalue weighted by Crippen LogP contribution is -1.94. The van der Waals surface area contributed by atoms with Gasteiger partial charge >= 0.3 is 0 Å².